The average molecular weight is 782 g/mol. The minimum Gasteiger partial charge on any atom is -0.488 e. The molecule has 0 radical (unpaired) electrons. The number of sulfone groups is 1. The molecular weight excluding hydrogens is 749 g/mol. The fourth-order valence-corrected chi connectivity index (χ4v) is 6.15. The van der Waals surface area contributed by atoms with Gasteiger partial charge in [0.05, 0.1) is 27.4 Å². The first-order chi connectivity index (χ1) is 25.8. The Hall–Kier alpha value is -5.96. The number of rotatable bonds is 11. The number of amides is 2. The quantitative estimate of drug-likeness (QED) is 0.0789. The lowest BCUT2D eigenvalue weighted by atomic mass is 9.96. The molecule has 0 bridgehead atoms. The standard InChI is InChI=1S/C40H33F6N3O5S/c1-24(47)48-38(51)35(18-25-8-10-27(11-9-25)28-12-15-33(16-13-28)55(2,52)53)49-37(50)34-21-29(14-17-36(34)54-23-26-6-4-3-5-7-26)30-19-31(39(41,42)43)22-32(20-30)40(44,45)46/h3-17,19-22,35H,18,23H2,1-2H3,(H,49,50)(H2,47,48,51). The van der Waals surface area contributed by atoms with Crippen LogP contribution in [0.4, 0.5) is 26.3 Å². The van der Waals surface area contributed by atoms with Crippen LogP contribution in [0.5, 0.6) is 5.75 Å². The van der Waals surface area contributed by atoms with E-state index in [9.17, 15) is 44.3 Å². The molecule has 2 amide bonds. The molecule has 15 heteroatoms. The number of nitrogens with zero attached hydrogens (tertiary/aromatic N) is 1. The van der Waals surface area contributed by atoms with Gasteiger partial charge in [-0.3, -0.25) is 9.59 Å². The van der Waals surface area contributed by atoms with Crippen LogP contribution in [0.15, 0.2) is 125 Å². The van der Waals surface area contributed by atoms with E-state index in [0.29, 0.717) is 28.8 Å². The van der Waals surface area contributed by atoms with E-state index in [1.54, 1.807) is 66.7 Å². The molecule has 55 heavy (non-hydrogen) atoms. The molecule has 5 rings (SSSR count). The van der Waals surface area contributed by atoms with Crippen molar-refractivity contribution in [3.8, 4) is 28.0 Å². The molecule has 0 aliphatic carbocycles. The Balaban J connectivity index is 1.50. The number of aliphatic imine (C=N–C) groups is 1. The Bertz CT molecular complexity index is 2290. The van der Waals surface area contributed by atoms with Crippen molar-refractivity contribution in [2.45, 2.75) is 43.2 Å². The van der Waals surface area contributed by atoms with Crippen molar-refractivity contribution < 1.29 is 49.1 Å². The maximum Gasteiger partial charge on any atom is 0.416 e. The first-order valence-corrected chi connectivity index (χ1v) is 18.3. The van der Waals surface area contributed by atoms with Gasteiger partial charge >= 0.3 is 12.4 Å². The van der Waals surface area contributed by atoms with Crippen LogP contribution in [-0.4, -0.2) is 38.4 Å². The van der Waals surface area contributed by atoms with Crippen LogP contribution in [0.2, 0.25) is 0 Å². The Kier molecular flexibility index (Phi) is 11.8. The highest BCUT2D eigenvalue weighted by Gasteiger charge is 2.37. The molecule has 0 aliphatic heterocycles. The summed E-state index contributed by atoms with van der Waals surface area (Å²) in [6.07, 6.45) is -9.21. The summed E-state index contributed by atoms with van der Waals surface area (Å²) in [6, 6.07) is 25.2. The first-order valence-electron chi connectivity index (χ1n) is 16.4. The summed E-state index contributed by atoms with van der Waals surface area (Å²) in [5.41, 5.74) is 4.41. The summed E-state index contributed by atoms with van der Waals surface area (Å²) in [7, 11) is -3.39. The predicted molar refractivity (Wildman–Crippen MR) is 195 cm³/mol. The first kappa shape index (κ1) is 40.2. The second-order valence-electron chi connectivity index (χ2n) is 12.6. The van der Waals surface area contributed by atoms with Crippen molar-refractivity contribution in [3.05, 3.63) is 143 Å². The van der Waals surface area contributed by atoms with Crippen LogP contribution in [0.3, 0.4) is 0 Å². The number of nitrogens with one attached hydrogen (secondary N) is 1. The number of amidine groups is 1. The number of alkyl halides is 6. The molecule has 0 fully saturated rings. The summed E-state index contributed by atoms with van der Waals surface area (Å²) >= 11 is 0. The topological polar surface area (TPSA) is 128 Å². The van der Waals surface area contributed by atoms with Crippen molar-refractivity contribution in [2.24, 2.45) is 10.7 Å². The van der Waals surface area contributed by atoms with Crippen LogP contribution in [0, 0.1) is 0 Å². The highest BCUT2D eigenvalue weighted by atomic mass is 32.2. The Morgan fingerprint density at radius 1 is 0.727 bits per heavy atom. The Labute approximate surface area is 312 Å². The number of hydrogen-bond donors (Lipinski definition) is 2. The third kappa shape index (κ3) is 10.6. The summed E-state index contributed by atoms with van der Waals surface area (Å²) in [4.78, 5) is 31.3. The number of benzene rings is 5. The van der Waals surface area contributed by atoms with Crippen LogP contribution in [0.25, 0.3) is 22.3 Å². The van der Waals surface area contributed by atoms with E-state index in [4.69, 9.17) is 10.5 Å². The van der Waals surface area contributed by atoms with Crippen LogP contribution in [-0.2, 0) is 40.0 Å². The molecule has 0 aromatic heterocycles. The van der Waals surface area contributed by atoms with E-state index in [0.717, 1.165) is 17.9 Å². The monoisotopic (exact) mass is 781 g/mol. The molecule has 3 N–H and O–H groups in total. The number of hydrogen-bond acceptors (Lipinski definition) is 5. The van der Waals surface area contributed by atoms with Gasteiger partial charge in [-0.2, -0.15) is 31.3 Å². The van der Waals surface area contributed by atoms with Gasteiger partial charge in [0.15, 0.2) is 9.84 Å². The number of carbonyl (C=O) groups is 2. The van der Waals surface area contributed by atoms with E-state index in [1.807, 2.05) is 0 Å². The maximum atomic E-state index is 14.0. The van der Waals surface area contributed by atoms with E-state index in [-0.39, 0.29) is 46.7 Å². The van der Waals surface area contributed by atoms with Gasteiger partial charge in [0.2, 0.25) is 0 Å². The molecule has 286 valence electrons. The van der Waals surface area contributed by atoms with E-state index in [1.165, 1.54) is 31.2 Å². The van der Waals surface area contributed by atoms with Crippen LogP contribution >= 0.6 is 0 Å². The Morgan fingerprint density at radius 2 is 1.27 bits per heavy atom. The fourth-order valence-electron chi connectivity index (χ4n) is 5.52. The largest absolute Gasteiger partial charge is 0.488 e. The third-order valence-electron chi connectivity index (χ3n) is 8.28. The van der Waals surface area contributed by atoms with Gasteiger partial charge in [-0.25, -0.2) is 8.42 Å². The second kappa shape index (κ2) is 16.2. The molecule has 0 aliphatic rings. The lowest BCUT2D eigenvalue weighted by Gasteiger charge is -2.19. The highest BCUT2D eigenvalue weighted by molar-refractivity contribution is 7.90. The minimum atomic E-state index is -5.11. The number of nitrogens with two attached hydrogens (primary N) is 1. The average Bonchev–Trinajstić information content (AvgIpc) is 3.13. The van der Waals surface area contributed by atoms with Gasteiger partial charge in [-0.1, -0.05) is 72.8 Å². The van der Waals surface area contributed by atoms with Crippen molar-refractivity contribution >= 4 is 27.5 Å². The lowest BCUT2D eigenvalue weighted by molar-refractivity contribution is -0.143. The van der Waals surface area contributed by atoms with Crippen molar-refractivity contribution in [1.82, 2.24) is 5.32 Å². The smallest absolute Gasteiger partial charge is 0.416 e. The van der Waals surface area contributed by atoms with Crippen LogP contribution in [0.1, 0.15) is 39.5 Å². The van der Waals surface area contributed by atoms with Gasteiger partial charge in [0, 0.05) is 12.7 Å². The fraction of sp³-hybridized carbons (Fsp3) is 0.175. The summed E-state index contributed by atoms with van der Waals surface area (Å²) in [5, 5.41) is 2.59. The summed E-state index contributed by atoms with van der Waals surface area (Å²) < 4.78 is 112. The van der Waals surface area contributed by atoms with E-state index in [2.05, 4.69) is 10.3 Å². The van der Waals surface area contributed by atoms with Crippen molar-refractivity contribution in [1.29, 1.82) is 0 Å². The molecule has 0 spiro atoms. The molecule has 0 saturated carbocycles. The van der Waals surface area contributed by atoms with Crippen LogP contribution < -0.4 is 15.8 Å². The molecule has 5 aromatic carbocycles. The van der Waals surface area contributed by atoms with Gasteiger partial charge in [0.1, 0.15) is 18.4 Å². The second-order valence-corrected chi connectivity index (χ2v) is 14.6. The van der Waals surface area contributed by atoms with Gasteiger partial charge in [0.25, 0.3) is 11.8 Å². The summed E-state index contributed by atoms with van der Waals surface area (Å²) in [6.45, 7) is 1.31. The zero-order valence-corrected chi connectivity index (χ0v) is 30.0. The van der Waals surface area contributed by atoms with E-state index < -0.39 is 56.7 Å². The maximum absolute atomic E-state index is 14.0. The van der Waals surface area contributed by atoms with E-state index >= 15 is 0 Å². The number of ether oxygens (including phenoxy) is 1. The molecule has 1 unspecified atom stereocenters. The zero-order chi connectivity index (χ0) is 40.1. The van der Waals surface area contributed by atoms with Crippen molar-refractivity contribution in [2.75, 3.05) is 6.26 Å². The summed E-state index contributed by atoms with van der Waals surface area (Å²) in [5.74, 6) is -1.93. The molecule has 1 atom stereocenters. The molecule has 0 saturated heterocycles. The molecule has 5 aromatic rings. The van der Waals surface area contributed by atoms with Gasteiger partial charge < -0.3 is 15.8 Å². The highest BCUT2D eigenvalue weighted by Crippen LogP contribution is 2.39. The lowest BCUT2D eigenvalue weighted by Crippen LogP contribution is -2.42. The minimum absolute atomic E-state index is 0.00576. The molecular formula is C40H33F6N3O5S. The van der Waals surface area contributed by atoms with Gasteiger partial charge in [-0.05, 0) is 82.8 Å². The normalized spacial score (nSPS) is 12.9. The Morgan fingerprint density at radius 3 is 1.80 bits per heavy atom. The molecule has 8 nitrogen and oxygen atoms in total. The number of halogens is 6. The zero-order valence-electron chi connectivity index (χ0n) is 29.2. The predicted octanol–water partition coefficient (Wildman–Crippen LogP) is 8.29. The van der Waals surface area contributed by atoms with Crippen molar-refractivity contribution in [3.63, 3.8) is 0 Å². The van der Waals surface area contributed by atoms with Gasteiger partial charge in [-0.15, -0.1) is 0 Å². The number of carbonyl (C=O) groups excluding carboxylic acids is 2. The molecule has 0 heterocycles. The third-order valence-corrected chi connectivity index (χ3v) is 9.41. The SMILES string of the molecule is CC(N)=NC(=O)C(Cc1ccc(-c2ccc(S(C)(=O)=O)cc2)cc1)NC(=O)c1cc(-c2cc(C(F)(F)F)cc(C(F)(F)F)c2)ccc1OCc1ccccc1.